The largest absolute Gasteiger partial charge is 0.454 e. The van der Waals surface area contributed by atoms with Crippen molar-refractivity contribution in [3.63, 3.8) is 0 Å². The number of hydrogen-bond donors (Lipinski definition) is 2. The van der Waals surface area contributed by atoms with E-state index in [9.17, 15) is 9.59 Å². The molecule has 2 aromatic carbocycles. The van der Waals surface area contributed by atoms with E-state index in [0.717, 1.165) is 0 Å². The Labute approximate surface area is 150 Å². The summed E-state index contributed by atoms with van der Waals surface area (Å²) in [7, 11) is 0. The van der Waals surface area contributed by atoms with Gasteiger partial charge in [0, 0.05) is 22.5 Å². The van der Waals surface area contributed by atoms with Crippen molar-refractivity contribution < 1.29 is 19.1 Å². The van der Waals surface area contributed by atoms with Gasteiger partial charge in [-0.3, -0.25) is 9.59 Å². The summed E-state index contributed by atoms with van der Waals surface area (Å²) in [6.45, 7) is 3.25. The molecular formula is C18H17ClN2O4. The van der Waals surface area contributed by atoms with Gasteiger partial charge in [-0.25, -0.2) is 0 Å². The lowest BCUT2D eigenvalue weighted by Gasteiger charge is -2.23. The van der Waals surface area contributed by atoms with Crippen molar-refractivity contribution >= 4 is 34.8 Å². The van der Waals surface area contributed by atoms with E-state index in [2.05, 4.69) is 10.6 Å². The summed E-state index contributed by atoms with van der Waals surface area (Å²) >= 11 is 5.91. The third-order valence-electron chi connectivity index (χ3n) is 3.85. The highest BCUT2D eigenvalue weighted by Gasteiger charge is 2.36. The monoisotopic (exact) mass is 360 g/mol. The minimum Gasteiger partial charge on any atom is -0.454 e. The first-order valence-corrected chi connectivity index (χ1v) is 8.02. The lowest BCUT2D eigenvalue weighted by molar-refractivity contribution is -0.135. The maximum atomic E-state index is 12.6. The number of hydrogen-bond acceptors (Lipinski definition) is 4. The Balaban J connectivity index is 1.70. The topological polar surface area (TPSA) is 76.7 Å². The SMILES string of the molecule is CC(C)(C(=O)Nc1cccc(Cl)c1)C(=O)Nc1ccc2c(c1)OCO2. The molecule has 0 atom stereocenters. The number of anilines is 2. The molecule has 1 aliphatic heterocycles. The Morgan fingerprint density at radius 3 is 2.28 bits per heavy atom. The van der Waals surface area contributed by atoms with E-state index in [1.54, 1.807) is 56.3 Å². The number of nitrogens with one attached hydrogen (secondary N) is 2. The van der Waals surface area contributed by atoms with Crippen LogP contribution in [0.5, 0.6) is 11.5 Å². The zero-order chi connectivity index (χ0) is 18.0. The average Bonchev–Trinajstić information content (AvgIpc) is 3.02. The van der Waals surface area contributed by atoms with E-state index in [4.69, 9.17) is 21.1 Å². The van der Waals surface area contributed by atoms with E-state index in [1.165, 1.54) is 0 Å². The number of rotatable bonds is 4. The molecule has 6 nitrogen and oxygen atoms in total. The summed E-state index contributed by atoms with van der Waals surface area (Å²) < 4.78 is 10.5. The zero-order valence-corrected chi connectivity index (χ0v) is 14.5. The molecule has 25 heavy (non-hydrogen) atoms. The van der Waals surface area contributed by atoms with E-state index in [1.807, 2.05) is 0 Å². The van der Waals surface area contributed by atoms with Crippen LogP contribution >= 0.6 is 11.6 Å². The Morgan fingerprint density at radius 2 is 1.60 bits per heavy atom. The molecule has 1 heterocycles. The van der Waals surface area contributed by atoms with Gasteiger partial charge in [0.05, 0.1) is 0 Å². The Hall–Kier alpha value is -2.73. The van der Waals surface area contributed by atoms with Crippen LogP contribution in [0.1, 0.15) is 13.8 Å². The van der Waals surface area contributed by atoms with Crippen molar-refractivity contribution in [3.8, 4) is 11.5 Å². The van der Waals surface area contributed by atoms with Crippen LogP contribution in [0.25, 0.3) is 0 Å². The average molecular weight is 361 g/mol. The number of amides is 2. The van der Waals surface area contributed by atoms with Crippen molar-refractivity contribution in [2.75, 3.05) is 17.4 Å². The van der Waals surface area contributed by atoms with Crippen LogP contribution in [-0.4, -0.2) is 18.6 Å². The molecule has 1 aliphatic rings. The standard InChI is InChI=1S/C18H17ClN2O4/c1-18(2,16(22)20-12-5-3-4-11(19)8-12)17(23)21-13-6-7-14-15(9-13)25-10-24-14/h3-9H,10H2,1-2H3,(H,20,22)(H,21,23). The summed E-state index contributed by atoms with van der Waals surface area (Å²) in [6.07, 6.45) is 0. The van der Waals surface area contributed by atoms with Crippen LogP contribution in [0.4, 0.5) is 11.4 Å². The van der Waals surface area contributed by atoms with Gasteiger partial charge in [0.15, 0.2) is 11.5 Å². The van der Waals surface area contributed by atoms with E-state index in [0.29, 0.717) is 27.9 Å². The fraction of sp³-hybridized carbons (Fsp3) is 0.222. The number of benzene rings is 2. The van der Waals surface area contributed by atoms with Crippen molar-refractivity contribution in [2.24, 2.45) is 5.41 Å². The molecule has 0 bridgehead atoms. The molecule has 0 saturated carbocycles. The van der Waals surface area contributed by atoms with E-state index in [-0.39, 0.29) is 6.79 Å². The first kappa shape index (κ1) is 17.1. The summed E-state index contributed by atoms with van der Waals surface area (Å²) in [5, 5.41) is 5.93. The molecule has 2 amide bonds. The van der Waals surface area contributed by atoms with Gasteiger partial charge in [-0.15, -0.1) is 0 Å². The second-order valence-electron chi connectivity index (χ2n) is 6.11. The normalized spacial score (nSPS) is 12.6. The molecular weight excluding hydrogens is 344 g/mol. The van der Waals surface area contributed by atoms with Crippen LogP contribution in [-0.2, 0) is 9.59 Å². The maximum absolute atomic E-state index is 12.6. The third-order valence-corrected chi connectivity index (χ3v) is 4.08. The molecule has 0 fully saturated rings. The Kier molecular flexibility index (Phi) is 4.55. The van der Waals surface area contributed by atoms with Gasteiger partial charge in [0.25, 0.3) is 0 Å². The Bertz CT molecular complexity index is 836. The summed E-state index contributed by atoms with van der Waals surface area (Å²) in [5.41, 5.74) is -0.238. The van der Waals surface area contributed by atoms with Crippen molar-refractivity contribution in [3.05, 3.63) is 47.5 Å². The molecule has 2 N–H and O–H groups in total. The molecule has 0 aliphatic carbocycles. The molecule has 3 rings (SSSR count). The minimum absolute atomic E-state index is 0.153. The van der Waals surface area contributed by atoms with Crippen molar-refractivity contribution in [2.45, 2.75) is 13.8 Å². The molecule has 2 aromatic rings. The number of fused-ring (bicyclic) bond motifs is 1. The highest BCUT2D eigenvalue weighted by atomic mass is 35.5. The summed E-state index contributed by atoms with van der Waals surface area (Å²) in [4.78, 5) is 25.1. The van der Waals surface area contributed by atoms with Crippen LogP contribution in [0, 0.1) is 5.41 Å². The first-order valence-electron chi connectivity index (χ1n) is 7.64. The molecule has 0 spiro atoms. The minimum atomic E-state index is -1.29. The van der Waals surface area contributed by atoms with Gasteiger partial charge >= 0.3 is 0 Å². The predicted molar refractivity (Wildman–Crippen MR) is 95.1 cm³/mol. The predicted octanol–water partition coefficient (Wildman–Crippen LogP) is 3.67. The number of ether oxygens (including phenoxy) is 2. The molecule has 0 radical (unpaired) electrons. The van der Waals surface area contributed by atoms with Crippen molar-refractivity contribution in [1.82, 2.24) is 0 Å². The van der Waals surface area contributed by atoms with Crippen LogP contribution in [0.3, 0.4) is 0 Å². The van der Waals surface area contributed by atoms with Gasteiger partial charge < -0.3 is 20.1 Å². The second kappa shape index (κ2) is 6.64. The number of halogens is 1. The van der Waals surface area contributed by atoms with Gasteiger partial charge in [-0.05, 0) is 44.2 Å². The lowest BCUT2D eigenvalue weighted by atomic mass is 9.90. The first-order chi connectivity index (χ1) is 11.9. The second-order valence-corrected chi connectivity index (χ2v) is 6.55. The summed E-state index contributed by atoms with van der Waals surface area (Å²) in [6, 6.07) is 11.8. The third kappa shape index (κ3) is 3.69. The quantitative estimate of drug-likeness (QED) is 0.815. The molecule has 0 aromatic heterocycles. The summed E-state index contributed by atoms with van der Waals surface area (Å²) in [5.74, 6) is 0.300. The number of carbonyl (C=O) groups excluding carboxylic acids is 2. The van der Waals surface area contributed by atoms with Crippen LogP contribution in [0.2, 0.25) is 5.02 Å². The van der Waals surface area contributed by atoms with Gasteiger partial charge in [-0.2, -0.15) is 0 Å². The fourth-order valence-corrected chi connectivity index (χ4v) is 2.41. The zero-order valence-electron chi connectivity index (χ0n) is 13.8. The maximum Gasteiger partial charge on any atom is 0.239 e. The van der Waals surface area contributed by atoms with Crippen LogP contribution < -0.4 is 20.1 Å². The molecule has 0 unspecified atom stereocenters. The molecule has 0 saturated heterocycles. The highest BCUT2D eigenvalue weighted by Crippen LogP contribution is 2.34. The lowest BCUT2D eigenvalue weighted by Crippen LogP contribution is -2.41. The van der Waals surface area contributed by atoms with Gasteiger partial charge in [0.1, 0.15) is 5.41 Å². The number of carbonyl (C=O) groups is 2. The smallest absolute Gasteiger partial charge is 0.239 e. The Morgan fingerprint density at radius 1 is 0.960 bits per heavy atom. The molecule has 130 valence electrons. The van der Waals surface area contributed by atoms with Gasteiger partial charge in [-0.1, -0.05) is 17.7 Å². The fourth-order valence-electron chi connectivity index (χ4n) is 2.22. The van der Waals surface area contributed by atoms with Gasteiger partial charge in [0.2, 0.25) is 18.6 Å². The van der Waals surface area contributed by atoms with Crippen LogP contribution in [0.15, 0.2) is 42.5 Å². The molecule has 7 heteroatoms. The van der Waals surface area contributed by atoms with Crippen molar-refractivity contribution in [1.29, 1.82) is 0 Å². The van der Waals surface area contributed by atoms with E-state index < -0.39 is 17.2 Å². The highest BCUT2D eigenvalue weighted by molar-refractivity contribution is 6.31. The van der Waals surface area contributed by atoms with E-state index >= 15 is 0 Å².